The summed E-state index contributed by atoms with van der Waals surface area (Å²) >= 11 is 3.23. The minimum Gasteiger partial charge on any atom is -0.462 e. The van der Waals surface area contributed by atoms with Crippen LogP contribution in [0.2, 0.25) is 0 Å². The molecule has 25 heavy (non-hydrogen) atoms. The Labute approximate surface area is 157 Å². The van der Waals surface area contributed by atoms with Gasteiger partial charge in [-0.15, -0.1) is 30.1 Å². The molecule has 0 atom stereocenters. The van der Waals surface area contributed by atoms with E-state index in [4.69, 9.17) is 4.74 Å². The summed E-state index contributed by atoms with van der Waals surface area (Å²) in [6.07, 6.45) is 5.23. The highest BCUT2D eigenvalue weighted by Gasteiger charge is 2.20. The van der Waals surface area contributed by atoms with E-state index in [-0.39, 0.29) is 5.97 Å². The smallest absolute Gasteiger partial charge is 0.340 e. The van der Waals surface area contributed by atoms with Crippen molar-refractivity contribution in [3.05, 3.63) is 82.9 Å². The molecule has 0 saturated heterocycles. The van der Waals surface area contributed by atoms with Gasteiger partial charge in [-0.3, -0.25) is 4.98 Å². The van der Waals surface area contributed by atoms with Crippen LogP contribution in [0, 0.1) is 0 Å². The first-order chi connectivity index (χ1) is 12.3. The van der Waals surface area contributed by atoms with Crippen LogP contribution in [0.1, 0.15) is 18.1 Å². The summed E-state index contributed by atoms with van der Waals surface area (Å²) in [5.74, 6) is 1.19. The molecule has 0 aliphatic rings. The van der Waals surface area contributed by atoms with Gasteiger partial charge in [0.15, 0.2) is 0 Å². The van der Waals surface area contributed by atoms with Crippen LogP contribution in [0.3, 0.4) is 0 Å². The van der Waals surface area contributed by atoms with Crippen LogP contribution in [0.4, 0.5) is 0 Å². The number of aromatic nitrogens is 1. The lowest BCUT2D eigenvalue weighted by Crippen LogP contribution is -2.08. The fourth-order valence-electron chi connectivity index (χ4n) is 2.08. The van der Waals surface area contributed by atoms with Gasteiger partial charge in [0, 0.05) is 29.5 Å². The van der Waals surface area contributed by atoms with Crippen molar-refractivity contribution in [2.24, 2.45) is 0 Å². The molecule has 1 aromatic heterocycles. The largest absolute Gasteiger partial charge is 0.462 e. The number of carbonyl (C=O) groups is 1. The lowest BCUT2D eigenvalue weighted by atomic mass is 10.1. The maximum absolute atomic E-state index is 12.6. The second kappa shape index (κ2) is 10.8. The molecule has 130 valence electrons. The van der Waals surface area contributed by atoms with Crippen molar-refractivity contribution in [1.29, 1.82) is 0 Å². The van der Waals surface area contributed by atoms with Crippen molar-refractivity contribution in [2.75, 3.05) is 12.4 Å². The maximum atomic E-state index is 12.6. The molecule has 0 unspecified atom stereocenters. The van der Waals surface area contributed by atoms with Gasteiger partial charge in [0.05, 0.1) is 16.4 Å². The highest BCUT2D eigenvalue weighted by Crippen LogP contribution is 2.38. The van der Waals surface area contributed by atoms with E-state index in [0.29, 0.717) is 12.2 Å². The molecule has 0 aliphatic heterocycles. The number of rotatable bonds is 9. The lowest BCUT2D eigenvalue weighted by Gasteiger charge is -2.14. The van der Waals surface area contributed by atoms with Crippen molar-refractivity contribution in [2.45, 2.75) is 12.7 Å². The number of hydrogen-bond acceptors (Lipinski definition) is 5. The fourth-order valence-corrected chi connectivity index (χ4v) is 4.24. The summed E-state index contributed by atoms with van der Waals surface area (Å²) in [5.41, 5.74) is 2.55. The van der Waals surface area contributed by atoms with Gasteiger partial charge in [-0.25, -0.2) is 4.79 Å². The number of benzene rings is 1. The van der Waals surface area contributed by atoms with E-state index in [2.05, 4.69) is 23.7 Å². The first-order valence-corrected chi connectivity index (χ1v) is 9.95. The van der Waals surface area contributed by atoms with Crippen LogP contribution in [0.15, 0.2) is 71.8 Å². The second-order valence-electron chi connectivity index (χ2n) is 5.00. The van der Waals surface area contributed by atoms with Crippen LogP contribution in [0.25, 0.3) is 5.57 Å². The summed E-state index contributed by atoms with van der Waals surface area (Å²) in [7, 11) is 0. The summed E-state index contributed by atoms with van der Waals surface area (Å²) in [5, 5.41) is 0. The van der Waals surface area contributed by atoms with Crippen LogP contribution in [-0.4, -0.2) is 23.3 Å². The SMILES string of the molecule is C=CCS/C(SCc1ccccc1)=C(\C(=O)OCC)c1cccnc1. The normalized spacial score (nSPS) is 11.6. The summed E-state index contributed by atoms with van der Waals surface area (Å²) in [4.78, 5) is 16.7. The van der Waals surface area contributed by atoms with E-state index in [0.717, 1.165) is 21.3 Å². The first-order valence-electron chi connectivity index (χ1n) is 7.98. The molecule has 0 spiro atoms. The standard InChI is InChI=1S/C20H21NO2S2/c1-3-13-24-20(25-15-16-9-6-5-7-10-16)18(19(22)23-4-2)17-11-8-12-21-14-17/h3,5-12,14H,1,4,13,15H2,2H3/b20-18+. The third-order valence-electron chi connectivity index (χ3n) is 3.18. The van der Waals surface area contributed by atoms with Crippen LogP contribution >= 0.6 is 23.5 Å². The molecule has 0 aliphatic carbocycles. The molecule has 0 N–H and O–H groups in total. The van der Waals surface area contributed by atoms with Gasteiger partial charge in [-0.05, 0) is 18.6 Å². The number of nitrogens with zero attached hydrogens (tertiary/aromatic N) is 1. The van der Waals surface area contributed by atoms with E-state index in [9.17, 15) is 4.79 Å². The highest BCUT2D eigenvalue weighted by atomic mass is 32.2. The Morgan fingerprint density at radius 3 is 2.64 bits per heavy atom. The predicted octanol–water partition coefficient (Wildman–Crippen LogP) is 5.17. The van der Waals surface area contributed by atoms with Gasteiger partial charge in [-0.1, -0.05) is 42.5 Å². The van der Waals surface area contributed by atoms with Crippen LogP contribution < -0.4 is 0 Å². The Morgan fingerprint density at radius 2 is 2.00 bits per heavy atom. The summed E-state index contributed by atoms with van der Waals surface area (Å²) in [6, 6.07) is 13.9. The number of thioether (sulfide) groups is 2. The predicted molar refractivity (Wildman–Crippen MR) is 108 cm³/mol. The van der Waals surface area contributed by atoms with E-state index in [1.165, 1.54) is 5.56 Å². The number of esters is 1. The Kier molecular flexibility index (Phi) is 8.35. The van der Waals surface area contributed by atoms with Crippen molar-refractivity contribution in [3.8, 4) is 0 Å². The number of ether oxygens (including phenoxy) is 1. The van der Waals surface area contributed by atoms with Gasteiger partial charge in [0.1, 0.15) is 0 Å². The van der Waals surface area contributed by atoms with Crippen molar-refractivity contribution in [3.63, 3.8) is 0 Å². The fraction of sp³-hybridized carbons (Fsp3) is 0.200. The zero-order valence-electron chi connectivity index (χ0n) is 14.2. The Balaban J connectivity index is 2.37. The third-order valence-corrected chi connectivity index (χ3v) is 5.70. The van der Waals surface area contributed by atoms with Crippen molar-refractivity contribution >= 4 is 35.1 Å². The monoisotopic (exact) mass is 371 g/mol. The molecular formula is C20H21NO2S2. The summed E-state index contributed by atoms with van der Waals surface area (Å²) < 4.78 is 6.22. The molecule has 1 heterocycles. The minimum atomic E-state index is -0.317. The Hall–Kier alpha value is -1.98. The van der Waals surface area contributed by atoms with E-state index in [1.54, 1.807) is 35.9 Å². The van der Waals surface area contributed by atoms with E-state index < -0.39 is 0 Å². The van der Waals surface area contributed by atoms with Crippen molar-refractivity contribution in [1.82, 2.24) is 4.98 Å². The molecule has 0 bridgehead atoms. The summed E-state index contributed by atoms with van der Waals surface area (Å²) in [6.45, 7) is 5.93. The second-order valence-corrected chi connectivity index (χ2v) is 7.27. The average molecular weight is 372 g/mol. The van der Waals surface area contributed by atoms with Gasteiger partial charge < -0.3 is 4.74 Å². The molecule has 5 heteroatoms. The molecular weight excluding hydrogens is 350 g/mol. The van der Waals surface area contributed by atoms with Crippen LogP contribution in [-0.2, 0) is 15.3 Å². The molecule has 2 aromatic rings. The van der Waals surface area contributed by atoms with E-state index >= 15 is 0 Å². The third kappa shape index (κ3) is 6.11. The topological polar surface area (TPSA) is 39.2 Å². The Morgan fingerprint density at radius 1 is 1.20 bits per heavy atom. The number of hydrogen-bond donors (Lipinski definition) is 0. The molecule has 0 amide bonds. The molecule has 0 fully saturated rings. The van der Waals surface area contributed by atoms with Gasteiger partial charge in [0.2, 0.25) is 0 Å². The zero-order valence-corrected chi connectivity index (χ0v) is 15.8. The maximum Gasteiger partial charge on any atom is 0.340 e. The zero-order chi connectivity index (χ0) is 17.9. The van der Waals surface area contributed by atoms with E-state index in [1.807, 2.05) is 43.3 Å². The van der Waals surface area contributed by atoms with Gasteiger partial charge in [0.25, 0.3) is 0 Å². The highest BCUT2D eigenvalue weighted by molar-refractivity contribution is 8.22. The van der Waals surface area contributed by atoms with Crippen molar-refractivity contribution < 1.29 is 9.53 Å². The minimum absolute atomic E-state index is 0.317. The lowest BCUT2D eigenvalue weighted by molar-refractivity contribution is -0.136. The first kappa shape index (κ1) is 19.3. The molecule has 3 nitrogen and oxygen atoms in total. The van der Waals surface area contributed by atoms with Crippen LogP contribution in [0.5, 0.6) is 0 Å². The average Bonchev–Trinajstić information content (AvgIpc) is 2.65. The molecule has 0 saturated carbocycles. The van der Waals surface area contributed by atoms with Gasteiger partial charge in [-0.2, -0.15) is 0 Å². The number of carbonyl (C=O) groups excluding carboxylic acids is 1. The molecule has 0 radical (unpaired) electrons. The molecule has 2 rings (SSSR count). The van der Waals surface area contributed by atoms with Gasteiger partial charge >= 0.3 is 5.97 Å². The quantitative estimate of drug-likeness (QED) is 0.346. The molecule has 1 aromatic carbocycles. The Bertz CT molecular complexity index is 715. The number of pyridine rings is 1.